The number of methoxy groups -OCH3 is 1. The zero-order valence-electron chi connectivity index (χ0n) is 12.0. The van der Waals surface area contributed by atoms with Gasteiger partial charge >= 0.3 is 0 Å². The third-order valence-electron chi connectivity index (χ3n) is 2.92. The number of hydrogen-bond acceptors (Lipinski definition) is 3. The summed E-state index contributed by atoms with van der Waals surface area (Å²) in [6.45, 7) is 0. The monoisotopic (exact) mass is 363 g/mol. The summed E-state index contributed by atoms with van der Waals surface area (Å²) in [4.78, 5) is 3.69. The highest BCUT2D eigenvalue weighted by molar-refractivity contribution is 9.10. The molecule has 0 saturated carbocycles. The summed E-state index contributed by atoms with van der Waals surface area (Å²) < 4.78 is 6.13. The van der Waals surface area contributed by atoms with Crippen LogP contribution >= 0.6 is 15.9 Å². The summed E-state index contributed by atoms with van der Waals surface area (Å²) >= 11 is 3.32. The summed E-state index contributed by atoms with van der Waals surface area (Å²) in [5, 5.41) is 17.7. The van der Waals surface area contributed by atoms with Crippen molar-refractivity contribution in [3.63, 3.8) is 0 Å². The Balaban J connectivity index is 1.88. The number of amidine groups is 1. The minimum absolute atomic E-state index is 0.0353. The number of aliphatic hydroxyl groups excluding tert-OH is 1. The molecule has 6 heteroatoms. The van der Waals surface area contributed by atoms with Crippen LogP contribution < -0.4 is 4.74 Å². The average molecular weight is 364 g/mol. The van der Waals surface area contributed by atoms with Crippen LogP contribution in [0.15, 0.2) is 53.0 Å². The van der Waals surface area contributed by atoms with Crippen molar-refractivity contribution in [2.24, 2.45) is 0 Å². The van der Waals surface area contributed by atoms with Crippen molar-refractivity contribution in [3.8, 4) is 5.75 Å². The van der Waals surface area contributed by atoms with Gasteiger partial charge in [-0.1, -0.05) is 39.7 Å². The standard InChI is InChI=1S/C16H16BrN2O3/c1-21-14-5-3-2-4-12(14)10-15(18)19-22-16(20)11-6-8-13(17)9-7-11/h2-9,20,22H,10H2,1H3,(H-,18,19)/q-1. The number of para-hydroxylation sites is 1. The fraction of sp³-hybridized carbons (Fsp3) is 0.125. The molecule has 0 heterocycles. The Kier molecular flexibility index (Phi) is 5.83. The predicted molar refractivity (Wildman–Crippen MR) is 88.0 cm³/mol. The fourth-order valence-electron chi connectivity index (χ4n) is 1.83. The van der Waals surface area contributed by atoms with Crippen LogP contribution in [0.5, 0.6) is 5.75 Å². The van der Waals surface area contributed by atoms with E-state index < -0.39 is 0 Å². The maximum absolute atomic E-state index is 9.85. The van der Waals surface area contributed by atoms with Crippen molar-refractivity contribution in [1.29, 1.82) is 5.41 Å². The lowest BCUT2D eigenvalue weighted by molar-refractivity contribution is -0.0422. The molecule has 0 aliphatic carbocycles. The third-order valence-corrected chi connectivity index (χ3v) is 3.45. The molecule has 0 aliphatic rings. The Morgan fingerprint density at radius 2 is 1.95 bits per heavy atom. The largest absolute Gasteiger partial charge is 0.496 e. The first-order chi connectivity index (χ1) is 10.6. The zero-order valence-corrected chi connectivity index (χ0v) is 13.5. The second kappa shape index (κ2) is 7.84. The van der Waals surface area contributed by atoms with Gasteiger partial charge in [-0.2, -0.15) is 17.6 Å². The van der Waals surface area contributed by atoms with E-state index in [-0.39, 0.29) is 18.5 Å². The molecular weight excluding hydrogens is 348 g/mol. The molecule has 22 heavy (non-hydrogen) atoms. The molecule has 0 bridgehead atoms. The molecular formula is C16H16BrN2O3-. The number of hydrogen-bond donors (Lipinski definition) is 2. The Morgan fingerprint density at radius 3 is 2.64 bits per heavy atom. The average Bonchev–Trinajstić information content (AvgIpc) is 2.54. The number of benzene rings is 2. The summed E-state index contributed by atoms with van der Waals surface area (Å²) in [5.41, 5.74) is 5.13. The highest BCUT2D eigenvalue weighted by Crippen LogP contribution is 2.20. The van der Waals surface area contributed by atoms with Gasteiger partial charge in [0, 0.05) is 0 Å². The Hall–Kier alpha value is -2.02. The fourth-order valence-corrected chi connectivity index (χ4v) is 2.09. The number of halogens is 1. The molecule has 0 atom stereocenters. The smallest absolute Gasteiger partial charge is 0.248 e. The van der Waals surface area contributed by atoms with Gasteiger partial charge in [0.1, 0.15) is 5.75 Å². The summed E-state index contributed by atoms with van der Waals surface area (Å²) in [7, 11) is 1.58. The summed E-state index contributed by atoms with van der Waals surface area (Å²) in [6, 6.07) is 14.4. The zero-order chi connectivity index (χ0) is 15.9. The summed E-state index contributed by atoms with van der Waals surface area (Å²) in [6.07, 6.45) is 0.0542. The molecule has 116 valence electrons. The highest BCUT2D eigenvalue weighted by Gasteiger charge is 2.07. The van der Waals surface area contributed by atoms with Crippen LogP contribution in [0.2, 0.25) is 0 Å². The molecule has 2 aromatic rings. The number of hydroxylamine groups is 1. The summed E-state index contributed by atoms with van der Waals surface area (Å²) in [5.74, 6) is 0.733. The molecule has 5 nitrogen and oxygen atoms in total. The van der Waals surface area contributed by atoms with Crippen LogP contribution in [0.25, 0.3) is 5.48 Å². The topological polar surface area (TPSA) is 80.2 Å². The van der Waals surface area contributed by atoms with E-state index in [0.29, 0.717) is 11.3 Å². The van der Waals surface area contributed by atoms with E-state index in [9.17, 15) is 5.11 Å². The van der Waals surface area contributed by atoms with E-state index in [1.165, 1.54) is 0 Å². The van der Waals surface area contributed by atoms with Gasteiger partial charge in [0.15, 0.2) is 0 Å². The minimum atomic E-state index is -0.225. The Bertz CT molecular complexity index is 632. The molecule has 0 unspecified atom stereocenters. The van der Waals surface area contributed by atoms with E-state index in [2.05, 4.69) is 26.2 Å². The van der Waals surface area contributed by atoms with Crippen LogP contribution in [-0.2, 0) is 6.42 Å². The van der Waals surface area contributed by atoms with Crippen LogP contribution in [0, 0.1) is 11.7 Å². The second-order valence-corrected chi connectivity index (χ2v) is 5.38. The van der Waals surface area contributed by atoms with E-state index in [1.54, 1.807) is 31.4 Å². The lowest BCUT2D eigenvalue weighted by Gasteiger charge is -2.19. The number of aliphatic hydroxyl groups is 2. The van der Waals surface area contributed by atoms with Crippen LogP contribution in [0.3, 0.4) is 0 Å². The Morgan fingerprint density at radius 1 is 1.27 bits per heavy atom. The van der Waals surface area contributed by atoms with Crippen LogP contribution in [0.1, 0.15) is 11.1 Å². The molecule has 2 rings (SSSR count). The molecule has 0 amide bonds. The van der Waals surface area contributed by atoms with Crippen LogP contribution in [-0.4, -0.2) is 22.9 Å². The quantitative estimate of drug-likeness (QED) is 0.265. The first-order valence-electron chi connectivity index (χ1n) is 6.53. The molecule has 0 aromatic heterocycles. The van der Waals surface area contributed by atoms with Crippen molar-refractivity contribution < 1.29 is 14.7 Å². The van der Waals surface area contributed by atoms with Crippen molar-refractivity contribution in [2.75, 3.05) is 7.11 Å². The predicted octanol–water partition coefficient (Wildman–Crippen LogP) is 4.19. The molecule has 0 spiro atoms. The van der Waals surface area contributed by atoms with E-state index in [0.717, 1.165) is 10.0 Å². The molecule has 0 fully saturated rings. The lowest BCUT2D eigenvalue weighted by Crippen LogP contribution is -2.11. The van der Waals surface area contributed by atoms with Crippen molar-refractivity contribution in [3.05, 3.63) is 75.9 Å². The molecule has 0 saturated heterocycles. The molecule has 0 radical (unpaired) electrons. The van der Waals surface area contributed by atoms with Gasteiger partial charge in [-0.25, -0.2) is 0 Å². The van der Waals surface area contributed by atoms with Crippen molar-refractivity contribution in [2.45, 2.75) is 6.42 Å². The first-order valence-corrected chi connectivity index (χ1v) is 7.32. The van der Waals surface area contributed by atoms with Crippen LogP contribution in [0.4, 0.5) is 0 Å². The lowest BCUT2D eigenvalue weighted by atomic mass is 10.1. The SMILES string of the molecule is COc1ccccc1CC(=N)[N-][OH+][C-](O)c1ccc(Br)cc1. The van der Waals surface area contributed by atoms with Crippen molar-refractivity contribution in [1.82, 2.24) is 0 Å². The minimum Gasteiger partial charge on any atom is -0.496 e. The second-order valence-electron chi connectivity index (χ2n) is 4.47. The molecule has 2 aromatic carbocycles. The third kappa shape index (κ3) is 4.49. The van der Waals surface area contributed by atoms with Gasteiger partial charge in [-0.3, -0.25) is 0 Å². The van der Waals surface area contributed by atoms with E-state index in [4.69, 9.17) is 10.1 Å². The van der Waals surface area contributed by atoms with Gasteiger partial charge in [0.2, 0.25) is 6.29 Å². The number of nitrogens with zero attached hydrogens (tertiary/aromatic N) is 1. The van der Waals surface area contributed by atoms with Gasteiger partial charge in [-0.05, 0) is 28.4 Å². The number of ether oxygens (including phenoxy) is 1. The Labute approximate surface area is 137 Å². The highest BCUT2D eigenvalue weighted by atomic mass is 79.9. The van der Waals surface area contributed by atoms with Gasteiger partial charge in [0.05, 0.1) is 7.11 Å². The number of rotatable bonds is 6. The maximum Gasteiger partial charge on any atom is 0.248 e. The molecule has 3 N–H and O–H groups in total. The molecule has 0 aliphatic heterocycles. The normalized spacial score (nSPS) is 10.1. The van der Waals surface area contributed by atoms with E-state index >= 15 is 0 Å². The maximum atomic E-state index is 9.85. The first kappa shape index (κ1) is 16.4. The van der Waals surface area contributed by atoms with Gasteiger partial charge in [-0.15, -0.1) is 12.1 Å². The van der Waals surface area contributed by atoms with Crippen molar-refractivity contribution >= 4 is 21.8 Å². The van der Waals surface area contributed by atoms with Gasteiger partial charge < -0.3 is 20.1 Å². The number of nitrogens with one attached hydrogen (secondary N) is 1. The van der Waals surface area contributed by atoms with E-state index in [1.807, 2.05) is 24.3 Å². The van der Waals surface area contributed by atoms with Gasteiger partial charge in [0.25, 0.3) is 0 Å².